The lowest BCUT2D eigenvalue weighted by atomic mass is 10.1. The molecule has 5 heteroatoms. The Morgan fingerprint density at radius 3 is 2.90 bits per heavy atom. The number of H-pyrrole nitrogens is 1. The molecule has 0 saturated carbocycles. The quantitative estimate of drug-likeness (QED) is 0.752. The molecule has 1 unspecified atom stereocenters. The number of aromatic nitrogens is 2. The zero-order valence-electron chi connectivity index (χ0n) is 11.7. The first-order valence-corrected chi connectivity index (χ1v) is 7.92. The smallest absolute Gasteiger partial charge is 0.0522 e. The summed E-state index contributed by atoms with van der Waals surface area (Å²) in [4.78, 5) is 0. The van der Waals surface area contributed by atoms with E-state index < -0.39 is 0 Å². The molecule has 1 heterocycles. The molecule has 0 spiro atoms. The Kier molecular flexibility index (Phi) is 5.64. The van der Waals surface area contributed by atoms with Gasteiger partial charge in [-0.15, -0.1) is 0 Å². The third-order valence-corrected chi connectivity index (χ3v) is 4.26. The van der Waals surface area contributed by atoms with Crippen LogP contribution in [0, 0.1) is 6.92 Å². The molecule has 0 bridgehead atoms. The lowest BCUT2D eigenvalue weighted by Crippen LogP contribution is -2.20. The van der Waals surface area contributed by atoms with Crippen LogP contribution in [0.1, 0.15) is 36.2 Å². The Bertz CT molecular complexity index is 568. The molecule has 20 heavy (non-hydrogen) atoms. The van der Waals surface area contributed by atoms with Gasteiger partial charge in [-0.3, -0.25) is 5.10 Å². The average molecular weight is 357 g/mol. The highest BCUT2D eigenvalue weighted by atomic mass is 79.9. The van der Waals surface area contributed by atoms with Gasteiger partial charge >= 0.3 is 0 Å². The van der Waals surface area contributed by atoms with Crippen molar-refractivity contribution in [1.82, 2.24) is 15.5 Å². The lowest BCUT2D eigenvalue weighted by Gasteiger charge is -2.16. The molecular weight excluding hydrogens is 338 g/mol. The van der Waals surface area contributed by atoms with Crippen LogP contribution in [0.4, 0.5) is 0 Å². The lowest BCUT2D eigenvalue weighted by molar-refractivity contribution is 0.558. The summed E-state index contributed by atoms with van der Waals surface area (Å²) in [6.45, 7) is 5.15. The fourth-order valence-corrected chi connectivity index (χ4v) is 3.02. The summed E-state index contributed by atoms with van der Waals surface area (Å²) in [6, 6.07) is 6.27. The topological polar surface area (TPSA) is 40.7 Å². The number of nitrogens with zero attached hydrogens (tertiary/aromatic N) is 1. The van der Waals surface area contributed by atoms with Gasteiger partial charge in [0, 0.05) is 21.2 Å². The van der Waals surface area contributed by atoms with Crippen molar-refractivity contribution in [2.24, 2.45) is 0 Å². The van der Waals surface area contributed by atoms with E-state index in [0.29, 0.717) is 0 Å². The van der Waals surface area contributed by atoms with E-state index >= 15 is 0 Å². The van der Waals surface area contributed by atoms with Crippen LogP contribution >= 0.6 is 27.5 Å². The minimum atomic E-state index is 0.251. The first-order chi connectivity index (χ1) is 9.58. The zero-order chi connectivity index (χ0) is 14.5. The molecule has 108 valence electrons. The minimum Gasteiger partial charge on any atom is -0.310 e. The molecule has 2 rings (SSSR count). The maximum absolute atomic E-state index is 6.26. The van der Waals surface area contributed by atoms with Gasteiger partial charge in [-0.1, -0.05) is 33.6 Å². The van der Waals surface area contributed by atoms with Crippen molar-refractivity contribution in [2.45, 2.75) is 32.7 Å². The number of hydrogen-bond acceptors (Lipinski definition) is 2. The summed E-state index contributed by atoms with van der Waals surface area (Å²) >= 11 is 9.68. The molecule has 0 fully saturated rings. The molecule has 0 aliphatic heterocycles. The number of rotatable bonds is 6. The summed E-state index contributed by atoms with van der Waals surface area (Å²) in [6.07, 6.45) is 4.03. The van der Waals surface area contributed by atoms with E-state index in [-0.39, 0.29) is 6.04 Å². The average Bonchev–Trinajstić information content (AvgIpc) is 2.80. The van der Waals surface area contributed by atoms with E-state index in [4.69, 9.17) is 11.6 Å². The van der Waals surface area contributed by atoms with E-state index in [2.05, 4.69) is 51.4 Å². The summed E-state index contributed by atoms with van der Waals surface area (Å²) in [5, 5.41) is 11.3. The van der Waals surface area contributed by atoms with E-state index in [1.807, 2.05) is 18.3 Å². The maximum atomic E-state index is 6.26. The Morgan fingerprint density at radius 2 is 2.25 bits per heavy atom. The van der Waals surface area contributed by atoms with Gasteiger partial charge in [0.2, 0.25) is 0 Å². The van der Waals surface area contributed by atoms with Gasteiger partial charge in [0.1, 0.15) is 0 Å². The molecule has 1 atom stereocenters. The Hall–Kier alpha value is -0.840. The molecule has 0 aliphatic rings. The molecule has 2 N–H and O–H groups in total. The highest BCUT2D eigenvalue weighted by Gasteiger charge is 2.09. The summed E-state index contributed by atoms with van der Waals surface area (Å²) < 4.78 is 1.01. The van der Waals surface area contributed by atoms with Gasteiger partial charge in [-0.25, -0.2) is 0 Å². The van der Waals surface area contributed by atoms with Gasteiger partial charge in [-0.2, -0.15) is 5.10 Å². The normalized spacial score (nSPS) is 12.6. The second-order valence-corrected chi connectivity index (χ2v) is 6.29. The van der Waals surface area contributed by atoms with Crippen molar-refractivity contribution < 1.29 is 0 Å². The molecule has 3 nitrogen and oxygen atoms in total. The second-order valence-electron chi connectivity index (χ2n) is 4.97. The number of hydrogen-bond donors (Lipinski definition) is 2. The third-order valence-electron chi connectivity index (χ3n) is 3.44. The first-order valence-electron chi connectivity index (χ1n) is 6.75. The van der Waals surface area contributed by atoms with Crippen molar-refractivity contribution in [1.29, 1.82) is 0 Å². The second kappa shape index (κ2) is 7.25. The van der Waals surface area contributed by atoms with Gasteiger partial charge < -0.3 is 5.32 Å². The van der Waals surface area contributed by atoms with Crippen molar-refractivity contribution in [3.05, 3.63) is 50.7 Å². The molecule has 1 aromatic carbocycles. The predicted molar refractivity (Wildman–Crippen MR) is 87.2 cm³/mol. The molecule has 2 aromatic rings. The largest absolute Gasteiger partial charge is 0.310 e. The van der Waals surface area contributed by atoms with E-state index in [1.165, 1.54) is 5.56 Å². The van der Waals surface area contributed by atoms with Crippen LogP contribution in [-0.2, 0) is 6.42 Å². The number of aryl methyl sites for hydroxylation is 2. The van der Waals surface area contributed by atoms with Gasteiger partial charge in [-0.05, 0) is 56.5 Å². The monoisotopic (exact) mass is 355 g/mol. The van der Waals surface area contributed by atoms with Crippen LogP contribution < -0.4 is 5.32 Å². The molecule has 0 amide bonds. The Labute approximate surface area is 133 Å². The molecular formula is C15H19BrClN3. The number of aromatic amines is 1. The summed E-state index contributed by atoms with van der Waals surface area (Å²) in [5.41, 5.74) is 3.59. The third kappa shape index (κ3) is 4.08. The van der Waals surface area contributed by atoms with Gasteiger partial charge in [0.15, 0.2) is 0 Å². The Balaban J connectivity index is 1.80. The van der Waals surface area contributed by atoms with Gasteiger partial charge in [0.05, 0.1) is 6.20 Å². The van der Waals surface area contributed by atoms with Gasteiger partial charge in [0.25, 0.3) is 0 Å². The van der Waals surface area contributed by atoms with Crippen LogP contribution in [0.25, 0.3) is 0 Å². The van der Waals surface area contributed by atoms with Crippen molar-refractivity contribution in [3.63, 3.8) is 0 Å². The van der Waals surface area contributed by atoms with Crippen LogP contribution in [0.15, 0.2) is 28.9 Å². The minimum absolute atomic E-state index is 0.251. The molecule has 1 aromatic heterocycles. The predicted octanol–water partition coefficient (Wildman–Crippen LogP) is 4.42. The number of halogens is 2. The number of benzene rings is 1. The standard InChI is InChI=1S/C15H19BrClN3/c1-10-12(9-19-20-10)4-3-7-18-11(2)14-6-5-13(16)8-15(14)17/h5-6,8-9,11,18H,3-4,7H2,1-2H3,(H,19,20). The summed E-state index contributed by atoms with van der Waals surface area (Å²) in [7, 11) is 0. The van der Waals surface area contributed by atoms with Crippen LogP contribution in [0.2, 0.25) is 5.02 Å². The van der Waals surface area contributed by atoms with Crippen LogP contribution in [-0.4, -0.2) is 16.7 Å². The highest BCUT2D eigenvalue weighted by Crippen LogP contribution is 2.26. The molecule has 0 aliphatic carbocycles. The molecule has 0 radical (unpaired) electrons. The van der Waals surface area contributed by atoms with E-state index in [0.717, 1.165) is 40.1 Å². The molecule has 0 saturated heterocycles. The zero-order valence-corrected chi connectivity index (χ0v) is 14.1. The SMILES string of the molecule is Cc1[nH]ncc1CCCNC(C)c1ccc(Br)cc1Cl. The van der Waals surface area contributed by atoms with Crippen LogP contribution in [0.3, 0.4) is 0 Å². The van der Waals surface area contributed by atoms with E-state index in [1.54, 1.807) is 0 Å². The van der Waals surface area contributed by atoms with Crippen molar-refractivity contribution >= 4 is 27.5 Å². The fraction of sp³-hybridized carbons (Fsp3) is 0.400. The highest BCUT2D eigenvalue weighted by molar-refractivity contribution is 9.10. The first kappa shape index (κ1) is 15.5. The van der Waals surface area contributed by atoms with Crippen LogP contribution in [0.5, 0.6) is 0 Å². The maximum Gasteiger partial charge on any atom is 0.0522 e. The fourth-order valence-electron chi connectivity index (χ4n) is 2.19. The van der Waals surface area contributed by atoms with Crippen molar-refractivity contribution in [3.8, 4) is 0 Å². The number of nitrogens with one attached hydrogen (secondary N) is 2. The summed E-state index contributed by atoms with van der Waals surface area (Å²) in [5.74, 6) is 0. The van der Waals surface area contributed by atoms with E-state index in [9.17, 15) is 0 Å². The van der Waals surface area contributed by atoms with Crippen molar-refractivity contribution in [2.75, 3.05) is 6.54 Å². The Morgan fingerprint density at radius 1 is 1.45 bits per heavy atom.